The van der Waals surface area contributed by atoms with Gasteiger partial charge in [-0.15, -0.1) is 11.8 Å². The molecule has 0 unspecified atom stereocenters. The summed E-state index contributed by atoms with van der Waals surface area (Å²) in [6, 6.07) is 14.9. The van der Waals surface area contributed by atoms with Crippen LogP contribution in [0.1, 0.15) is 29.5 Å². The van der Waals surface area contributed by atoms with Crippen molar-refractivity contribution in [2.45, 2.75) is 31.7 Å². The van der Waals surface area contributed by atoms with E-state index in [1.54, 1.807) is 12.1 Å². The first-order chi connectivity index (χ1) is 13.6. The highest BCUT2D eigenvalue weighted by Gasteiger charge is 2.11. The normalized spacial score (nSPS) is 14.1. The minimum Gasteiger partial charge on any atom is -0.351 e. The highest BCUT2D eigenvalue weighted by atomic mass is 32.2. The maximum atomic E-state index is 12.0. The van der Waals surface area contributed by atoms with Crippen molar-refractivity contribution in [2.75, 3.05) is 18.8 Å². The van der Waals surface area contributed by atoms with E-state index in [-0.39, 0.29) is 11.6 Å². The van der Waals surface area contributed by atoms with Gasteiger partial charge in [-0.25, -0.2) is 0 Å². The largest absolute Gasteiger partial charge is 0.351 e. The summed E-state index contributed by atoms with van der Waals surface area (Å²) in [5, 5.41) is 13.6. The summed E-state index contributed by atoms with van der Waals surface area (Å²) in [6.07, 6.45) is 2.60. The second-order valence-electron chi connectivity index (χ2n) is 6.99. The third kappa shape index (κ3) is 6.35. The highest BCUT2D eigenvalue weighted by molar-refractivity contribution is 7.99. The van der Waals surface area contributed by atoms with Crippen LogP contribution in [0.4, 0.5) is 5.69 Å². The average Bonchev–Trinajstić information content (AvgIpc) is 3.21. The molecule has 0 aliphatic carbocycles. The molecular formula is C21H25N3O3S. The number of thioether (sulfide) groups is 1. The number of carbonyl (C=O) groups excluding carboxylic acids is 1. The number of hydrogen-bond donors (Lipinski definition) is 1. The van der Waals surface area contributed by atoms with Gasteiger partial charge in [-0.3, -0.25) is 19.8 Å². The molecule has 2 aromatic carbocycles. The third-order valence-electron chi connectivity index (χ3n) is 4.77. The minimum atomic E-state index is -0.413. The molecule has 1 amide bonds. The van der Waals surface area contributed by atoms with Crippen LogP contribution in [0.3, 0.4) is 0 Å². The van der Waals surface area contributed by atoms with E-state index in [0.717, 1.165) is 17.7 Å². The van der Waals surface area contributed by atoms with Gasteiger partial charge in [0, 0.05) is 31.0 Å². The summed E-state index contributed by atoms with van der Waals surface area (Å²) >= 11 is 1.50. The fraction of sp³-hybridized carbons (Fsp3) is 0.381. The summed E-state index contributed by atoms with van der Waals surface area (Å²) in [6.45, 7) is 3.91. The predicted octanol–water partition coefficient (Wildman–Crippen LogP) is 3.74. The number of nitrogens with one attached hydrogen (secondary N) is 1. The Morgan fingerprint density at radius 1 is 1.00 bits per heavy atom. The first-order valence-electron chi connectivity index (χ1n) is 9.48. The maximum Gasteiger partial charge on any atom is 0.269 e. The summed E-state index contributed by atoms with van der Waals surface area (Å²) < 4.78 is 0. The second kappa shape index (κ2) is 10.2. The van der Waals surface area contributed by atoms with Gasteiger partial charge < -0.3 is 5.32 Å². The fourth-order valence-electron chi connectivity index (χ4n) is 3.19. The SMILES string of the molecule is O=C(CSCc1ccc([N+](=O)[O-])cc1)NCc1ccc(CN2CCCC2)cc1. The number of non-ortho nitro benzene ring substituents is 1. The van der Waals surface area contributed by atoms with Crippen molar-refractivity contribution in [3.8, 4) is 0 Å². The van der Waals surface area contributed by atoms with E-state index < -0.39 is 4.92 Å². The standard InChI is InChI=1S/C21H25N3O3S/c25-21(16-28-15-19-7-9-20(10-8-19)24(26)27)22-13-17-3-5-18(6-4-17)14-23-11-1-2-12-23/h3-10H,1-2,11-16H2,(H,22,25). The lowest BCUT2D eigenvalue weighted by Crippen LogP contribution is -2.24. The fourth-order valence-corrected chi connectivity index (χ4v) is 4.01. The van der Waals surface area contributed by atoms with Crippen molar-refractivity contribution in [2.24, 2.45) is 0 Å². The van der Waals surface area contributed by atoms with Crippen LogP contribution >= 0.6 is 11.8 Å². The van der Waals surface area contributed by atoms with Crippen LogP contribution in [-0.4, -0.2) is 34.6 Å². The molecule has 7 heteroatoms. The summed E-state index contributed by atoms with van der Waals surface area (Å²) in [7, 11) is 0. The number of hydrogen-bond acceptors (Lipinski definition) is 5. The van der Waals surface area contributed by atoms with Crippen LogP contribution < -0.4 is 5.32 Å². The van der Waals surface area contributed by atoms with Gasteiger partial charge in [-0.05, 0) is 42.6 Å². The van der Waals surface area contributed by atoms with Crippen molar-refractivity contribution in [3.05, 3.63) is 75.3 Å². The van der Waals surface area contributed by atoms with Gasteiger partial charge >= 0.3 is 0 Å². The van der Waals surface area contributed by atoms with E-state index in [9.17, 15) is 14.9 Å². The molecule has 0 bridgehead atoms. The molecule has 1 heterocycles. The molecule has 6 nitrogen and oxygen atoms in total. The summed E-state index contributed by atoms with van der Waals surface area (Å²) in [4.78, 5) is 24.7. The molecule has 1 aliphatic rings. The zero-order valence-corrected chi connectivity index (χ0v) is 16.6. The molecule has 1 saturated heterocycles. The van der Waals surface area contributed by atoms with Crippen LogP contribution in [0.2, 0.25) is 0 Å². The Kier molecular flexibility index (Phi) is 7.45. The van der Waals surface area contributed by atoms with Crippen LogP contribution in [0, 0.1) is 10.1 Å². The van der Waals surface area contributed by atoms with Gasteiger partial charge in [-0.1, -0.05) is 36.4 Å². The van der Waals surface area contributed by atoms with Gasteiger partial charge in [0.1, 0.15) is 0 Å². The van der Waals surface area contributed by atoms with Gasteiger partial charge in [-0.2, -0.15) is 0 Å². The molecule has 0 radical (unpaired) electrons. The van der Waals surface area contributed by atoms with E-state index in [2.05, 4.69) is 34.5 Å². The van der Waals surface area contributed by atoms with Gasteiger partial charge in [0.05, 0.1) is 10.7 Å². The lowest BCUT2D eigenvalue weighted by atomic mass is 10.1. The Bertz CT molecular complexity index is 788. The van der Waals surface area contributed by atoms with Crippen molar-refractivity contribution < 1.29 is 9.72 Å². The highest BCUT2D eigenvalue weighted by Crippen LogP contribution is 2.17. The number of nitro groups is 1. The molecule has 0 atom stereocenters. The molecule has 0 spiro atoms. The summed E-state index contributed by atoms with van der Waals surface area (Å²) in [5.74, 6) is 1.01. The van der Waals surface area contributed by atoms with Gasteiger partial charge in [0.25, 0.3) is 5.69 Å². The van der Waals surface area contributed by atoms with Crippen molar-refractivity contribution >= 4 is 23.4 Å². The van der Waals surface area contributed by atoms with Gasteiger partial charge in [0.15, 0.2) is 0 Å². The van der Waals surface area contributed by atoms with Crippen LogP contribution in [0.25, 0.3) is 0 Å². The molecule has 3 rings (SSSR count). The lowest BCUT2D eigenvalue weighted by molar-refractivity contribution is -0.384. The Hall–Kier alpha value is -2.38. The Balaban J connectivity index is 1.35. The number of benzene rings is 2. The number of amides is 1. The summed E-state index contributed by atoms with van der Waals surface area (Å²) in [5.41, 5.74) is 3.46. The number of nitrogens with zero attached hydrogens (tertiary/aromatic N) is 2. The first kappa shape index (κ1) is 20.4. The molecule has 1 aliphatic heterocycles. The van der Waals surface area contributed by atoms with E-state index in [1.807, 2.05) is 0 Å². The second-order valence-corrected chi connectivity index (χ2v) is 7.98. The van der Waals surface area contributed by atoms with Crippen LogP contribution in [-0.2, 0) is 23.6 Å². The first-order valence-corrected chi connectivity index (χ1v) is 10.6. The molecule has 1 fully saturated rings. The zero-order chi connectivity index (χ0) is 19.8. The molecule has 2 aromatic rings. The number of nitro benzene ring substituents is 1. The van der Waals surface area contributed by atoms with Crippen LogP contribution in [0.15, 0.2) is 48.5 Å². The smallest absolute Gasteiger partial charge is 0.269 e. The third-order valence-corrected chi connectivity index (χ3v) is 5.77. The van der Waals surface area contributed by atoms with Crippen molar-refractivity contribution in [1.29, 1.82) is 0 Å². The molecule has 148 valence electrons. The van der Waals surface area contributed by atoms with Gasteiger partial charge in [0.2, 0.25) is 5.91 Å². The Morgan fingerprint density at radius 2 is 1.61 bits per heavy atom. The van der Waals surface area contributed by atoms with E-state index in [0.29, 0.717) is 18.1 Å². The minimum absolute atomic E-state index is 0.00643. The Labute approximate surface area is 169 Å². The van der Waals surface area contributed by atoms with Crippen LogP contribution in [0.5, 0.6) is 0 Å². The van der Waals surface area contributed by atoms with E-state index >= 15 is 0 Å². The molecule has 0 aromatic heterocycles. The number of rotatable bonds is 9. The van der Waals surface area contributed by atoms with Crippen molar-refractivity contribution in [1.82, 2.24) is 10.2 Å². The zero-order valence-electron chi connectivity index (χ0n) is 15.8. The maximum absolute atomic E-state index is 12.0. The molecule has 28 heavy (non-hydrogen) atoms. The lowest BCUT2D eigenvalue weighted by Gasteiger charge is -2.14. The molecule has 1 N–H and O–H groups in total. The van der Waals surface area contributed by atoms with Crippen molar-refractivity contribution in [3.63, 3.8) is 0 Å². The topological polar surface area (TPSA) is 75.5 Å². The quantitative estimate of drug-likeness (QED) is 0.513. The monoisotopic (exact) mass is 399 g/mol. The molecular weight excluding hydrogens is 374 g/mol. The average molecular weight is 400 g/mol. The van der Waals surface area contributed by atoms with E-state index in [4.69, 9.17) is 0 Å². The number of likely N-dealkylation sites (tertiary alicyclic amines) is 1. The molecule has 0 saturated carbocycles. The number of carbonyl (C=O) groups is 1. The van der Waals surface area contributed by atoms with E-state index in [1.165, 1.54) is 55.4 Å². The predicted molar refractivity (Wildman–Crippen MR) is 112 cm³/mol. The Morgan fingerprint density at radius 3 is 2.25 bits per heavy atom.